The number of benzene rings is 3. The number of β-lactam (4-membered cyclic amide) rings is 1. The van der Waals surface area contributed by atoms with Gasteiger partial charge in [0.1, 0.15) is 11.4 Å². The van der Waals surface area contributed by atoms with E-state index in [4.69, 9.17) is 0 Å². The first-order chi connectivity index (χ1) is 14.8. The van der Waals surface area contributed by atoms with Gasteiger partial charge >= 0.3 is 0 Å². The summed E-state index contributed by atoms with van der Waals surface area (Å²) in [4.78, 5) is 12.6. The number of rotatable bonds is 7. The Balaban J connectivity index is 1.83. The second-order valence-electron chi connectivity index (χ2n) is 6.98. The number of hydrogen-bond acceptors (Lipinski definition) is 3. The van der Waals surface area contributed by atoms with Gasteiger partial charge in [0.05, 0.1) is 11.3 Å². The van der Waals surface area contributed by atoms with Crippen molar-refractivity contribution in [3.63, 3.8) is 0 Å². The van der Waals surface area contributed by atoms with Gasteiger partial charge in [0.15, 0.2) is 0 Å². The van der Waals surface area contributed by atoms with Crippen LogP contribution in [0.15, 0.2) is 91.0 Å². The quantitative estimate of drug-likeness (QED) is 0.207. The Morgan fingerprint density at radius 1 is 0.867 bits per heavy atom. The number of carbonyl (C=O) groups excluding carboxylic acids is 1. The number of halogens is 1. The minimum absolute atomic E-state index is 0.0158. The van der Waals surface area contributed by atoms with Gasteiger partial charge in [-0.15, -0.1) is 11.8 Å². The van der Waals surface area contributed by atoms with Crippen molar-refractivity contribution in [3.8, 4) is 9.85 Å². The molecule has 0 spiro atoms. The molecule has 1 aliphatic rings. The Labute approximate surface area is 195 Å². The Morgan fingerprint density at radius 2 is 1.33 bits per heavy atom. The first-order valence-corrected chi connectivity index (χ1v) is 11.8. The van der Waals surface area contributed by atoms with E-state index in [2.05, 4.69) is 56.9 Å². The predicted octanol–water partition coefficient (Wildman–Crippen LogP) is 4.52. The third kappa shape index (κ3) is 4.13. The zero-order valence-electron chi connectivity index (χ0n) is 16.2. The smallest absolute Gasteiger partial charge is 0.241 e. The summed E-state index contributed by atoms with van der Waals surface area (Å²) >= 11 is 3.69. The van der Waals surface area contributed by atoms with Crippen LogP contribution in [0.3, 0.4) is 0 Å². The highest BCUT2D eigenvalue weighted by Crippen LogP contribution is 2.38. The molecule has 0 bridgehead atoms. The summed E-state index contributed by atoms with van der Waals surface area (Å²) in [5.41, 5.74) is 2.63. The zero-order chi connectivity index (χ0) is 20.8. The van der Waals surface area contributed by atoms with E-state index in [1.165, 1.54) is 0 Å². The van der Waals surface area contributed by atoms with Crippen molar-refractivity contribution in [2.75, 3.05) is 5.75 Å². The average Bonchev–Trinajstić information content (AvgIpc) is 2.81. The molecular weight excluding hydrogens is 503 g/mol. The van der Waals surface area contributed by atoms with Crippen LogP contribution in [0.2, 0.25) is 0 Å². The van der Waals surface area contributed by atoms with Crippen LogP contribution in [0, 0.1) is 9.85 Å². The summed E-state index contributed by atoms with van der Waals surface area (Å²) in [5, 5.41) is 6.76. The molecule has 2 atom stereocenters. The second kappa shape index (κ2) is 9.69. The van der Waals surface area contributed by atoms with Gasteiger partial charge in [-0.3, -0.25) is 10.1 Å². The van der Waals surface area contributed by atoms with E-state index in [-0.39, 0.29) is 17.3 Å². The van der Waals surface area contributed by atoms with Crippen LogP contribution in [-0.2, 0) is 10.3 Å². The molecule has 5 heteroatoms. The molecule has 150 valence electrons. The van der Waals surface area contributed by atoms with E-state index in [0.29, 0.717) is 5.75 Å². The number of carbonyl (C=O) groups is 1. The van der Waals surface area contributed by atoms with Crippen molar-refractivity contribution < 1.29 is 4.79 Å². The molecule has 1 amide bonds. The fourth-order valence-corrected chi connectivity index (χ4v) is 5.21. The maximum atomic E-state index is 12.6. The Kier molecular flexibility index (Phi) is 6.78. The van der Waals surface area contributed by atoms with Gasteiger partial charge in [0.2, 0.25) is 5.91 Å². The van der Waals surface area contributed by atoms with Crippen LogP contribution in [0.4, 0.5) is 0 Å². The zero-order valence-corrected chi connectivity index (χ0v) is 19.2. The van der Waals surface area contributed by atoms with E-state index < -0.39 is 5.54 Å². The van der Waals surface area contributed by atoms with Crippen molar-refractivity contribution in [1.82, 2.24) is 10.6 Å². The minimum atomic E-state index is -0.653. The predicted molar refractivity (Wildman–Crippen MR) is 132 cm³/mol. The molecule has 1 fully saturated rings. The normalized spacial score (nSPS) is 18.0. The molecule has 1 saturated heterocycles. The lowest BCUT2D eigenvalue weighted by atomic mass is 9.76. The van der Waals surface area contributed by atoms with Gasteiger partial charge in [0, 0.05) is 22.6 Å². The van der Waals surface area contributed by atoms with Gasteiger partial charge in [-0.2, -0.15) is 0 Å². The summed E-state index contributed by atoms with van der Waals surface area (Å²) in [5.74, 6) is 3.76. The fraction of sp³-hybridized carbons (Fsp3) is 0.160. The number of amides is 1. The van der Waals surface area contributed by atoms with Gasteiger partial charge < -0.3 is 5.32 Å². The fourth-order valence-electron chi connectivity index (χ4n) is 3.84. The molecular formula is C25H21IN2OS. The first-order valence-electron chi connectivity index (χ1n) is 9.70. The molecule has 0 aliphatic carbocycles. The number of thioether (sulfide) groups is 1. The molecule has 1 heterocycles. The van der Waals surface area contributed by atoms with E-state index in [9.17, 15) is 4.79 Å². The highest BCUT2D eigenvalue weighted by molar-refractivity contribution is 14.1. The molecule has 0 saturated carbocycles. The van der Waals surface area contributed by atoms with Crippen LogP contribution < -0.4 is 10.6 Å². The maximum absolute atomic E-state index is 12.6. The van der Waals surface area contributed by atoms with Crippen molar-refractivity contribution in [2.45, 2.75) is 17.0 Å². The van der Waals surface area contributed by atoms with E-state index in [1.807, 2.05) is 77.2 Å². The lowest BCUT2D eigenvalue weighted by molar-refractivity contribution is -0.129. The molecule has 0 radical (unpaired) electrons. The van der Waals surface area contributed by atoms with Crippen LogP contribution >= 0.6 is 34.4 Å². The lowest BCUT2D eigenvalue weighted by Gasteiger charge is -2.45. The van der Waals surface area contributed by atoms with Gasteiger partial charge in [0.25, 0.3) is 0 Å². The molecule has 3 aromatic carbocycles. The Hall–Kier alpha value is -2.27. The molecule has 3 nitrogen and oxygen atoms in total. The average molecular weight is 524 g/mol. The van der Waals surface area contributed by atoms with E-state index in [1.54, 1.807) is 11.8 Å². The van der Waals surface area contributed by atoms with Crippen LogP contribution in [0.5, 0.6) is 0 Å². The maximum Gasteiger partial charge on any atom is 0.241 e. The first kappa shape index (κ1) is 21.0. The lowest BCUT2D eigenvalue weighted by Crippen LogP contribution is -2.70. The number of nitrogens with one attached hydrogen (secondary N) is 2. The second-order valence-corrected chi connectivity index (χ2v) is 8.65. The minimum Gasteiger partial charge on any atom is -0.341 e. The van der Waals surface area contributed by atoms with Crippen LogP contribution in [-0.4, -0.2) is 23.1 Å². The molecule has 2 N–H and O–H groups in total. The summed E-state index contributed by atoms with van der Waals surface area (Å²) in [6.07, 6.45) is 0. The SMILES string of the molecule is O=C1NC(SCC#CI)C1NC(c1ccccc1)(c1ccccc1)c1ccccc1. The Bertz CT molecular complexity index is 951. The number of hydrogen-bond donors (Lipinski definition) is 2. The summed E-state index contributed by atoms with van der Waals surface area (Å²) in [6, 6.07) is 30.7. The van der Waals surface area contributed by atoms with Crippen LogP contribution in [0.1, 0.15) is 16.7 Å². The van der Waals surface area contributed by atoms with E-state index in [0.717, 1.165) is 16.7 Å². The molecule has 4 rings (SSSR count). The Morgan fingerprint density at radius 3 is 1.73 bits per heavy atom. The molecule has 2 unspecified atom stereocenters. The molecule has 0 aromatic heterocycles. The molecule has 30 heavy (non-hydrogen) atoms. The topological polar surface area (TPSA) is 41.1 Å². The van der Waals surface area contributed by atoms with E-state index >= 15 is 0 Å². The van der Waals surface area contributed by atoms with Gasteiger partial charge in [-0.1, -0.05) is 96.9 Å². The van der Waals surface area contributed by atoms with Gasteiger partial charge in [-0.05, 0) is 20.6 Å². The highest BCUT2D eigenvalue weighted by atomic mass is 127. The summed E-state index contributed by atoms with van der Waals surface area (Å²) < 4.78 is 2.89. The van der Waals surface area contributed by atoms with Crippen LogP contribution in [0.25, 0.3) is 0 Å². The van der Waals surface area contributed by atoms with Gasteiger partial charge in [-0.25, -0.2) is 0 Å². The largest absolute Gasteiger partial charge is 0.341 e. The van der Waals surface area contributed by atoms with Crippen molar-refractivity contribution in [2.24, 2.45) is 0 Å². The third-order valence-corrected chi connectivity index (χ3v) is 6.71. The third-order valence-electron chi connectivity index (χ3n) is 5.26. The van der Waals surface area contributed by atoms with Crippen molar-refractivity contribution in [1.29, 1.82) is 0 Å². The molecule has 3 aromatic rings. The molecule has 1 aliphatic heterocycles. The highest BCUT2D eigenvalue weighted by Gasteiger charge is 2.47. The van der Waals surface area contributed by atoms with Crippen molar-refractivity contribution >= 4 is 40.3 Å². The van der Waals surface area contributed by atoms with Crippen molar-refractivity contribution in [3.05, 3.63) is 108 Å². The monoisotopic (exact) mass is 524 g/mol. The summed E-state index contributed by atoms with van der Waals surface area (Å²) in [6.45, 7) is 0. The summed E-state index contributed by atoms with van der Waals surface area (Å²) in [7, 11) is 0. The standard InChI is InChI=1S/C25H21IN2OS/c26-17-10-18-30-24-22(23(29)27-24)28-25(19-11-4-1-5-12-19,20-13-6-2-7-14-20)21-15-8-3-9-16-21/h1-9,11-16,22,24,28H,18H2,(H,27,29).